The Morgan fingerprint density at radius 2 is 1.96 bits per heavy atom. The zero-order valence-electron chi connectivity index (χ0n) is 16.9. The average Bonchev–Trinajstić information content (AvgIpc) is 2.97. The number of halogens is 1. The number of unbranched alkanes of at least 4 members (excludes halogenated alkanes) is 1. The summed E-state index contributed by atoms with van der Waals surface area (Å²) in [6.45, 7) is 7.78. The van der Waals surface area contributed by atoms with Crippen LogP contribution in [0, 0.1) is 6.92 Å². The zero-order valence-corrected chi connectivity index (χ0v) is 19.2. The average molecular weight is 484 g/mol. The van der Waals surface area contributed by atoms with Gasteiger partial charge in [0.15, 0.2) is 11.8 Å². The molecule has 0 aliphatic carbocycles. The largest absolute Gasteiger partial charge is 0.356 e. The molecule has 0 radical (unpaired) electrons. The van der Waals surface area contributed by atoms with Gasteiger partial charge in [-0.3, -0.25) is 0 Å². The highest BCUT2D eigenvalue weighted by Gasteiger charge is 2.08. The van der Waals surface area contributed by atoms with Gasteiger partial charge in [-0.05, 0) is 38.7 Å². The SMILES string of the molecule is CCCCNC(=NCc1nnc(C)n1C)NC(C)CCc1ccccc1.I. The lowest BCUT2D eigenvalue weighted by atomic mass is 10.1. The summed E-state index contributed by atoms with van der Waals surface area (Å²) in [5.74, 6) is 2.62. The molecule has 7 heteroatoms. The van der Waals surface area contributed by atoms with Crippen LogP contribution < -0.4 is 10.6 Å². The summed E-state index contributed by atoms with van der Waals surface area (Å²) in [5, 5.41) is 15.2. The van der Waals surface area contributed by atoms with E-state index < -0.39 is 0 Å². The molecule has 0 amide bonds. The summed E-state index contributed by atoms with van der Waals surface area (Å²) in [5.41, 5.74) is 1.37. The van der Waals surface area contributed by atoms with Gasteiger partial charge < -0.3 is 15.2 Å². The number of nitrogens with zero attached hydrogens (tertiary/aromatic N) is 4. The van der Waals surface area contributed by atoms with Gasteiger partial charge >= 0.3 is 0 Å². The monoisotopic (exact) mass is 484 g/mol. The molecule has 2 rings (SSSR count). The Morgan fingerprint density at radius 3 is 2.59 bits per heavy atom. The second-order valence-corrected chi connectivity index (χ2v) is 6.74. The van der Waals surface area contributed by atoms with E-state index in [1.807, 2.05) is 18.5 Å². The Morgan fingerprint density at radius 1 is 1.22 bits per heavy atom. The number of guanidine groups is 1. The van der Waals surface area contributed by atoms with Crippen LogP contribution in [0.25, 0.3) is 0 Å². The van der Waals surface area contributed by atoms with E-state index in [-0.39, 0.29) is 24.0 Å². The smallest absolute Gasteiger partial charge is 0.191 e. The first-order chi connectivity index (χ1) is 12.6. The summed E-state index contributed by atoms with van der Waals surface area (Å²) in [6.07, 6.45) is 4.40. The molecular weight excluding hydrogens is 451 g/mol. The Balaban J connectivity index is 0.00000364. The molecule has 0 saturated heterocycles. The zero-order chi connectivity index (χ0) is 18.8. The molecule has 150 valence electrons. The van der Waals surface area contributed by atoms with Crippen molar-refractivity contribution >= 4 is 29.9 Å². The molecule has 1 unspecified atom stereocenters. The van der Waals surface area contributed by atoms with E-state index in [4.69, 9.17) is 4.99 Å². The molecule has 6 nitrogen and oxygen atoms in total. The van der Waals surface area contributed by atoms with Crippen molar-refractivity contribution in [1.29, 1.82) is 0 Å². The van der Waals surface area contributed by atoms with Crippen molar-refractivity contribution in [2.75, 3.05) is 6.54 Å². The molecule has 27 heavy (non-hydrogen) atoms. The van der Waals surface area contributed by atoms with Gasteiger partial charge in [0.2, 0.25) is 0 Å². The Bertz CT molecular complexity index is 683. The summed E-state index contributed by atoms with van der Waals surface area (Å²) < 4.78 is 1.98. The van der Waals surface area contributed by atoms with Crippen molar-refractivity contribution in [2.45, 2.75) is 59.0 Å². The number of nitrogens with one attached hydrogen (secondary N) is 2. The van der Waals surface area contributed by atoms with E-state index in [0.29, 0.717) is 12.6 Å². The van der Waals surface area contributed by atoms with Gasteiger partial charge in [0.25, 0.3) is 0 Å². The minimum absolute atomic E-state index is 0. The van der Waals surface area contributed by atoms with E-state index >= 15 is 0 Å². The number of hydrogen-bond donors (Lipinski definition) is 2. The number of aryl methyl sites for hydroxylation is 2. The normalized spacial score (nSPS) is 12.4. The van der Waals surface area contributed by atoms with Crippen molar-refractivity contribution in [2.24, 2.45) is 12.0 Å². The van der Waals surface area contributed by atoms with Crippen molar-refractivity contribution in [3.05, 3.63) is 47.5 Å². The molecule has 2 aromatic rings. The fourth-order valence-electron chi connectivity index (χ4n) is 2.61. The van der Waals surface area contributed by atoms with Crippen LogP contribution in [-0.2, 0) is 20.0 Å². The van der Waals surface area contributed by atoms with Crippen molar-refractivity contribution in [1.82, 2.24) is 25.4 Å². The van der Waals surface area contributed by atoms with Crippen molar-refractivity contribution < 1.29 is 0 Å². The third kappa shape index (κ3) is 8.28. The van der Waals surface area contributed by atoms with Gasteiger partial charge in [-0.15, -0.1) is 34.2 Å². The van der Waals surface area contributed by atoms with E-state index in [2.05, 4.69) is 65.0 Å². The molecule has 1 atom stereocenters. The van der Waals surface area contributed by atoms with Crippen LogP contribution in [0.4, 0.5) is 0 Å². The molecule has 1 heterocycles. The highest BCUT2D eigenvalue weighted by molar-refractivity contribution is 14.0. The quantitative estimate of drug-likeness (QED) is 0.247. The molecule has 0 bridgehead atoms. The molecule has 0 spiro atoms. The number of rotatable bonds is 9. The summed E-state index contributed by atoms with van der Waals surface area (Å²) in [6, 6.07) is 10.9. The first-order valence-corrected chi connectivity index (χ1v) is 9.53. The van der Waals surface area contributed by atoms with E-state index in [1.165, 1.54) is 5.56 Å². The first kappa shape index (κ1) is 23.4. The molecule has 1 aromatic carbocycles. The Hall–Kier alpha value is -1.64. The topological polar surface area (TPSA) is 67.1 Å². The van der Waals surface area contributed by atoms with Crippen molar-refractivity contribution in [3.63, 3.8) is 0 Å². The van der Waals surface area contributed by atoms with Crippen LogP contribution in [0.2, 0.25) is 0 Å². The van der Waals surface area contributed by atoms with E-state index in [1.54, 1.807) is 0 Å². The third-order valence-electron chi connectivity index (χ3n) is 4.48. The minimum Gasteiger partial charge on any atom is -0.356 e. The van der Waals surface area contributed by atoms with Gasteiger partial charge in [0.05, 0.1) is 0 Å². The van der Waals surface area contributed by atoms with Crippen molar-refractivity contribution in [3.8, 4) is 0 Å². The summed E-state index contributed by atoms with van der Waals surface area (Å²) in [4.78, 5) is 4.71. The second kappa shape index (κ2) is 12.7. The maximum absolute atomic E-state index is 4.71. The molecule has 0 fully saturated rings. The highest BCUT2D eigenvalue weighted by atomic mass is 127. The van der Waals surface area contributed by atoms with Gasteiger partial charge in [-0.2, -0.15) is 0 Å². The fraction of sp³-hybridized carbons (Fsp3) is 0.550. The fourth-order valence-corrected chi connectivity index (χ4v) is 2.61. The second-order valence-electron chi connectivity index (χ2n) is 6.74. The van der Waals surface area contributed by atoms with Gasteiger partial charge in [-0.1, -0.05) is 43.7 Å². The maximum Gasteiger partial charge on any atom is 0.191 e. The number of benzene rings is 1. The van der Waals surface area contributed by atoms with Crippen LogP contribution in [0.15, 0.2) is 35.3 Å². The molecule has 0 saturated carbocycles. The van der Waals surface area contributed by atoms with Crippen LogP contribution in [0.5, 0.6) is 0 Å². The first-order valence-electron chi connectivity index (χ1n) is 9.53. The predicted octanol–water partition coefficient (Wildman–Crippen LogP) is 3.60. The van der Waals surface area contributed by atoms with Gasteiger partial charge in [0.1, 0.15) is 12.4 Å². The summed E-state index contributed by atoms with van der Waals surface area (Å²) >= 11 is 0. The number of aliphatic imine (C=N–C) groups is 1. The maximum atomic E-state index is 4.71. The summed E-state index contributed by atoms with van der Waals surface area (Å²) in [7, 11) is 1.97. The molecular formula is C20H33IN6. The van der Waals surface area contributed by atoms with Crippen LogP contribution >= 0.6 is 24.0 Å². The molecule has 1 aromatic heterocycles. The van der Waals surface area contributed by atoms with Gasteiger partial charge in [0, 0.05) is 19.6 Å². The standard InChI is InChI=1S/C20H32N6.HI/c1-5-6-14-21-20(22-15-19-25-24-17(3)26(19)4)23-16(2)12-13-18-10-8-7-9-11-18;/h7-11,16H,5-6,12-15H2,1-4H3,(H2,21,22,23);1H. The van der Waals surface area contributed by atoms with Crippen LogP contribution in [0.1, 0.15) is 50.3 Å². The molecule has 0 aliphatic heterocycles. The predicted molar refractivity (Wildman–Crippen MR) is 123 cm³/mol. The van der Waals surface area contributed by atoms with E-state index in [9.17, 15) is 0 Å². The molecule has 0 aliphatic rings. The van der Waals surface area contributed by atoms with Crippen LogP contribution in [0.3, 0.4) is 0 Å². The Labute approximate surface area is 180 Å². The lowest BCUT2D eigenvalue weighted by Gasteiger charge is -2.18. The minimum atomic E-state index is 0. The lowest BCUT2D eigenvalue weighted by Crippen LogP contribution is -2.42. The van der Waals surface area contributed by atoms with E-state index in [0.717, 1.165) is 49.8 Å². The van der Waals surface area contributed by atoms with Crippen LogP contribution in [-0.4, -0.2) is 33.3 Å². The molecule has 2 N–H and O–H groups in total. The highest BCUT2D eigenvalue weighted by Crippen LogP contribution is 2.05. The lowest BCUT2D eigenvalue weighted by molar-refractivity contribution is 0.588. The Kier molecular flexibility index (Phi) is 11.0. The number of aromatic nitrogens is 3. The third-order valence-corrected chi connectivity index (χ3v) is 4.48. The number of hydrogen-bond acceptors (Lipinski definition) is 3. The van der Waals surface area contributed by atoms with Gasteiger partial charge in [-0.25, -0.2) is 4.99 Å².